The number of hydrogen-bond donors (Lipinski definition) is 0. The normalized spacial score (nSPS) is 14.2. The highest BCUT2D eigenvalue weighted by Gasteiger charge is 2.28. The Bertz CT molecular complexity index is 1140. The summed E-state index contributed by atoms with van der Waals surface area (Å²) < 4.78 is 18.8. The maximum Gasteiger partial charge on any atom is 0.231 e. The molecule has 5 heteroatoms. The van der Waals surface area contributed by atoms with E-state index in [0.717, 1.165) is 27.8 Å². The molecule has 0 fully saturated rings. The largest absolute Gasteiger partial charge is 0.497 e. The van der Waals surface area contributed by atoms with Crippen molar-refractivity contribution in [3.05, 3.63) is 71.6 Å². The van der Waals surface area contributed by atoms with E-state index in [9.17, 15) is 4.79 Å². The summed E-state index contributed by atoms with van der Waals surface area (Å²) in [5.74, 6) is 2.07. The summed E-state index contributed by atoms with van der Waals surface area (Å²) in [7, 11) is 3.60. The Morgan fingerprint density at radius 1 is 1.21 bits per heavy atom. The van der Waals surface area contributed by atoms with Crippen molar-refractivity contribution in [3.63, 3.8) is 0 Å². The quantitative estimate of drug-likeness (QED) is 0.477. The van der Waals surface area contributed by atoms with E-state index in [1.54, 1.807) is 31.4 Å². The molecule has 1 aliphatic rings. The van der Waals surface area contributed by atoms with Crippen LogP contribution in [0.2, 0.25) is 0 Å². The molecule has 0 atom stereocenters. The number of carbonyl (C=O) groups is 1. The van der Waals surface area contributed by atoms with Gasteiger partial charge in [-0.2, -0.15) is 0 Å². The van der Waals surface area contributed by atoms with Crippen molar-refractivity contribution >= 4 is 22.8 Å². The van der Waals surface area contributed by atoms with Gasteiger partial charge in [0.05, 0.1) is 12.7 Å². The van der Waals surface area contributed by atoms with Gasteiger partial charge in [0.1, 0.15) is 23.9 Å². The molecule has 4 rings (SSSR count). The number of allylic oxidation sites excluding steroid dienone is 1. The SMILES string of the molecule is C=C(C)COc1ccc2c(c1)O/C(=C\c1cn(C)c3ccc(OC)cc13)C2=O. The van der Waals surface area contributed by atoms with Crippen LogP contribution in [0.25, 0.3) is 17.0 Å². The molecule has 0 bridgehead atoms. The molecule has 0 spiro atoms. The number of methoxy groups -OCH3 is 1. The molecule has 2 heterocycles. The van der Waals surface area contributed by atoms with E-state index in [1.807, 2.05) is 42.9 Å². The summed E-state index contributed by atoms with van der Waals surface area (Å²) in [5.41, 5.74) is 3.40. The zero-order chi connectivity index (χ0) is 19.8. The van der Waals surface area contributed by atoms with E-state index in [2.05, 4.69) is 6.58 Å². The standard InChI is InChI=1S/C23H21NO4/c1-14(2)13-27-17-5-7-18-21(11-17)28-22(23(18)25)9-15-12-24(3)20-8-6-16(26-4)10-19(15)20/h5-12H,1,13H2,2-4H3/b22-9-. The highest BCUT2D eigenvalue weighted by molar-refractivity contribution is 6.15. The van der Waals surface area contributed by atoms with Gasteiger partial charge in [0.2, 0.25) is 5.78 Å². The second-order valence-electron chi connectivity index (χ2n) is 6.92. The van der Waals surface area contributed by atoms with E-state index >= 15 is 0 Å². The van der Waals surface area contributed by atoms with Crippen LogP contribution in [0.4, 0.5) is 0 Å². The van der Waals surface area contributed by atoms with Gasteiger partial charge in [-0.25, -0.2) is 0 Å². The molecule has 5 nitrogen and oxygen atoms in total. The van der Waals surface area contributed by atoms with Gasteiger partial charge in [-0.15, -0.1) is 0 Å². The number of nitrogens with zero attached hydrogens (tertiary/aromatic N) is 1. The number of ketones is 1. The molecule has 0 saturated carbocycles. The Hall–Kier alpha value is -3.47. The maximum absolute atomic E-state index is 12.8. The molecule has 0 unspecified atom stereocenters. The van der Waals surface area contributed by atoms with E-state index in [-0.39, 0.29) is 5.78 Å². The molecule has 0 radical (unpaired) electrons. The molecule has 1 aliphatic heterocycles. The van der Waals surface area contributed by atoms with Gasteiger partial charge >= 0.3 is 0 Å². The van der Waals surface area contributed by atoms with Crippen molar-refractivity contribution in [3.8, 4) is 17.2 Å². The van der Waals surface area contributed by atoms with Crippen LogP contribution in [-0.4, -0.2) is 24.1 Å². The van der Waals surface area contributed by atoms with Crippen LogP contribution < -0.4 is 14.2 Å². The van der Waals surface area contributed by atoms with Crippen LogP contribution in [0.15, 0.2) is 60.5 Å². The molecule has 28 heavy (non-hydrogen) atoms. The third-order valence-corrected chi connectivity index (χ3v) is 4.64. The molecule has 1 aromatic heterocycles. The number of aryl methyl sites for hydroxylation is 1. The molecule has 0 aliphatic carbocycles. The molecule has 3 aromatic rings. The number of aromatic nitrogens is 1. The Balaban J connectivity index is 1.68. The predicted molar refractivity (Wildman–Crippen MR) is 109 cm³/mol. The number of hydrogen-bond acceptors (Lipinski definition) is 4. The van der Waals surface area contributed by atoms with Crippen molar-refractivity contribution in [2.24, 2.45) is 7.05 Å². The molecule has 0 saturated heterocycles. The lowest BCUT2D eigenvalue weighted by molar-refractivity contribution is 0.101. The van der Waals surface area contributed by atoms with Crippen molar-refractivity contribution in [1.82, 2.24) is 4.57 Å². The van der Waals surface area contributed by atoms with Gasteiger partial charge in [-0.05, 0) is 48.9 Å². The molecular weight excluding hydrogens is 354 g/mol. The summed E-state index contributed by atoms with van der Waals surface area (Å²) in [4.78, 5) is 12.8. The van der Waals surface area contributed by atoms with Crippen LogP contribution in [0.5, 0.6) is 17.2 Å². The average Bonchev–Trinajstić information content (AvgIpc) is 3.16. The Morgan fingerprint density at radius 2 is 2.00 bits per heavy atom. The summed E-state index contributed by atoms with van der Waals surface area (Å²) in [6.07, 6.45) is 3.75. The minimum Gasteiger partial charge on any atom is -0.497 e. The number of rotatable bonds is 5. The van der Waals surface area contributed by atoms with Gasteiger partial charge in [-0.3, -0.25) is 4.79 Å². The Kier molecular flexibility index (Phi) is 4.43. The first-order chi connectivity index (χ1) is 13.5. The van der Waals surface area contributed by atoms with Crippen LogP contribution in [0.3, 0.4) is 0 Å². The van der Waals surface area contributed by atoms with Gasteiger partial charge in [0.25, 0.3) is 0 Å². The fraction of sp³-hybridized carbons (Fsp3) is 0.174. The maximum atomic E-state index is 12.8. The first kappa shape index (κ1) is 17.9. The molecular formula is C23H21NO4. The highest BCUT2D eigenvalue weighted by Crippen LogP contribution is 2.36. The summed E-state index contributed by atoms with van der Waals surface area (Å²) in [5, 5.41) is 0.993. The Morgan fingerprint density at radius 3 is 2.75 bits per heavy atom. The van der Waals surface area contributed by atoms with E-state index in [0.29, 0.717) is 29.4 Å². The molecule has 0 amide bonds. The van der Waals surface area contributed by atoms with Crippen LogP contribution in [0.1, 0.15) is 22.8 Å². The fourth-order valence-corrected chi connectivity index (χ4v) is 3.25. The summed E-state index contributed by atoms with van der Waals surface area (Å²) >= 11 is 0. The zero-order valence-corrected chi connectivity index (χ0v) is 16.1. The first-order valence-corrected chi connectivity index (χ1v) is 8.95. The van der Waals surface area contributed by atoms with Crippen LogP contribution in [-0.2, 0) is 7.05 Å². The lowest BCUT2D eigenvalue weighted by atomic mass is 10.1. The van der Waals surface area contributed by atoms with Crippen molar-refractivity contribution in [1.29, 1.82) is 0 Å². The van der Waals surface area contributed by atoms with Crippen molar-refractivity contribution in [2.75, 3.05) is 13.7 Å². The van der Waals surface area contributed by atoms with Crippen LogP contribution in [0, 0.1) is 0 Å². The lowest BCUT2D eigenvalue weighted by Gasteiger charge is -2.06. The fourth-order valence-electron chi connectivity index (χ4n) is 3.25. The van der Waals surface area contributed by atoms with Crippen LogP contribution >= 0.6 is 0 Å². The second kappa shape index (κ2) is 6.93. The van der Waals surface area contributed by atoms with E-state index in [1.165, 1.54) is 0 Å². The van der Waals surface area contributed by atoms with Gasteiger partial charge in [0.15, 0.2) is 5.76 Å². The van der Waals surface area contributed by atoms with Crippen molar-refractivity contribution < 1.29 is 19.0 Å². The lowest BCUT2D eigenvalue weighted by Crippen LogP contribution is -1.98. The minimum atomic E-state index is -0.138. The van der Waals surface area contributed by atoms with Gasteiger partial charge in [0, 0.05) is 35.8 Å². The number of fused-ring (bicyclic) bond motifs is 2. The smallest absolute Gasteiger partial charge is 0.231 e. The topological polar surface area (TPSA) is 49.7 Å². The number of Topliss-reactive ketones (excluding diaryl/α,β-unsaturated/α-hetero) is 1. The average molecular weight is 375 g/mol. The third-order valence-electron chi connectivity index (χ3n) is 4.64. The van der Waals surface area contributed by atoms with Crippen molar-refractivity contribution in [2.45, 2.75) is 6.92 Å². The predicted octanol–water partition coefficient (Wildman–Crippen LogP) is 4.76. The number of ether oxygens (including phenoxy) is 3. The monoisotopic (exact) mass is 375 g/mol. The number of benzene rings is 2. The molecule has 0 N–H and O–H groups in total. The summed E-state index contributed by atoms with van der Waals surface area (Å²) in [6.45, 7) is 6.14. The Labute approximate surface area is 163 Å². The number of carbonyl (C=O) groups excluding carboxylic acids is 1. The molecule has 142 valence electrons. The first-order valence-electron chi connectivity index (χ1n) is 8.95. The minimum absolute atomic E-state index is 0.138. The third kappa shape index (κ3) is 3.16. The highest BCUT2D eigenvalue weighted by atomic mass is 16.5. The summed E-state index contributed by atoms with van der Waals surface area (Å²) in [6, 6.07) is 11.1. The molecule has 2 aromatic carbocycles. The van der Waals surface area contributed by atoms with E-state index in [4.69, 9.17) is 14.2 Å². The second-order valence-corrected chi connectivity index (χ2v) is 6.92. The van der Waals surface area contributed by atoms with Gasteiger partial charge < -0.3 is 18.8 Å². The van der Waals surface area contributed by atoms with E-state index < -0.39 is 0 Å². The van der Waals surface area contributed by atoms with Gasteiger partial charge in [-0.1, -0.05) is 6.58 Å². The zero-order valence-electron chi connectivity index (χ0n) is 16.1.